The van der Waals surface area contributed by atoms with Crippen LogP contribution in [0.15, 0.2) is 42.5 Å². The Labute approximate surface area is 155 Å². The van der Waals surface area contributed by atoms with Crippen LogP contribution in [0.2, 0.25) is 0 Å². The highest BCUT2D eigenvalue weighted by Crippen LogP contribution is 2.32. The number of hydrogen-bond donors (Lipinski definition) is 1. The first kappa shape index (κ1) is 19.8. The van der Waals surface area contributed by atoms with E-state index in [0.717, 1.165) is 23.3 Å². The van der Waals surface area contributed by atoms with Gasteiger partial charge in [0.05, 0.1) is 19.3 Å². The number of benzene rings is 2. The van der Waals surface area contributed by atoms with Crippen LogP contribution in [0.4, 0.5) is 0 Å². The molecule has 0 atom stereocenters. The minimum Gasteiger partial charge on any atom is -0.493 e. The number of carboxylic acids is 1. The molecular formula is C22H28O4. The normalized spacial score (nSPS) is 10.5. The largest absolute Gasteiger partial charge is 0.493 e. The zero-order valence-electron chi connectivity index (χ0n) is 15.7. The molecule has 2 rings (SSSR count). The maximum atomic E-state index is 11.0. The van der Waals surface area contributed by atoms with E-state index in [1.54, 1.807) is 31.4 Å². The summed E-state index contributed by atoms with van der Waals surface area (Å²) in [6.07, 6.45) is 7.37. The van der Waals surface area contributed by atoms with Gasteiger partial charge in [0.1, 0.15) is 0 Å². The van der Waals surface area contributed by atoms with E-state index >= 15 is 0 Å². The topological polar surface area (TPSA) is 55.8 Å². The second-order valence-electron chi connectivity index (χ2n) is 6.36. The molecule has 0 aliphatic heterocycles. The minimum absolute atomic E-state index is 0.277. The van der Waals surface area contributed by atoms with Gasteiger partial charge in [-0.05, 0) is 41.8 Å². The van der Waals surface area contributed by atoms with Gasteiger partial charge in [-0.3, -0.25) is 0 Å². The Kier molecular flexibility index (Phi) is 8.00. The summed E-state index contributed by atoms with van der Waals surface area (Å²) in [6, 6.07) is 12.6. The van der Waals surface area contributed by atoms with Gasteiger partial charge in [0.2, 0.25) is 0 Å². The highest BCUT2D eigenvalue weighted by molar-refractivity contribution is 5.88. The molecule has 1 N–H and O–H groups in total. The summed E-state index contributed by atoms with van der Waals surface area (Å²) < 4.78 is 11.3. The third-order valence-corrected chi connectivity index (χ3v) is 4.38. The molecule has 2 aromatic rings. The van der Waals surface area contributed by atoms with Gasteiger partial charge in [0.15, 0.2) is 11.5 Å². The maximum Gasteiger partial charge on any atom is 0.335 e. The zero-order valence-corrected chi connectivity index (χ0v) is 15.7. The van der Waals surface area contributed by atoms with E-state index in [1.807, 2.05) is 18.2 Å². The first-order chi connectivity index (χ1) is 12.7. The van der Waals surface area contributed by atoms with Crippen molar-refractivity contribution in [3.63, 3.8) is 0 Å². The monoisotopic (exact) mass is 356 g/mol. The summed E-state index contributed by atoms with van der Waals surface area (Å²) in [7, 11) is 1.63. The summed E-state index contributed by atoms with van der Waals surface area (Å²) >= 11 is 0. The Morgan fingerprint density at radius 3 is 2.19 bits per heavy atom. The first-order valence-corrected chi connectivity index (χ1v) is 9.30. The summed E-state index contributed by atoms with van der Waals surface area (Å²) in [5, 5.41) is 8.99. The Morgan fingerprint density at radius 2 is 1.54 bits per heavy atom. The molecule has 0 saturated carbocycles. The standard InChI is InChI=1S/C22H28O4/c1-3-4-5-6-7-8-15-26-20-14-13-19(16-21(20)25-2)17-9-11-18(12-10-17)22(23)24/h9-14,16H,3-8,15H2,1-2H3,(H,23,24). The molecule has 0 aliphatic carbocycles. The van der Waals surface area contributed by atoms with Gasteiger partial charge < -0.3 is 14.6 Å². The lowest BCUT2D eigenvalue weighted by molar-refractivity contribution is 0.0697. The fraction of sp³-hybridized carbons (Fsp3) is 0.409. The Bertz CT molecular complexity index is 692. The number of ether oxygens (including phenoxy) is 2. The van der Waals surface area contributed by atoms with Crippen molar-refractivity contribution in [2.45, 2.75) is 45.4 Å². The van der Waals surface area contributed by atoms with Gasteiger partial charge in [0.25, 0.3) is 0 Å². The summed E-state index contributed by atoms with van der Waals surface area (Å²) in [6.45, 7) is 2.91. The van der Waals surface area contributed by atoms with Crippen molar-refractivity contribution in [3.8, 4) is 22.6 Å². The molecule has 0 radical (unpaired) electrons. The molecule has 0 unspecified atom stereocenters. The number of aromatic carboxylic acids is 1. The summed E-state index contributed by atoms with van der Waals surface area (Å²) in [5.41, 5.74) is 2.18. The van der Waals surface area contributed by atoms with Crippen molar-refractivity contribution >= 4 is 5.97 Å². The lowest BCUT2D eigenvalue weighted by atomic mass is 10.0. The fourth-order valence-electron chi connectivity index (χ4n) is 2.84. The molecule has 0 aliphatic rings. The van der Waals surface area contributed by atoms with Crippen LogP contribution in [0.1, 0.15) is 55.8 Å². The minimum atomic E-state index is -0.924. The zero-order chi connectivity index (χ0) is 18.8. The molecule has 140 valence electrons. The first-order valence-electron chi connectivity index (χ1n) is 9.30. The van der Waals surface area contributed by atoms with E-state index in [9.17, 15) is 4.79 Å². The molecule has 26 heavy (non-hydrogen) atoms. The molecule has 4 nitrogen and oxygen atoms in total. The van der Waals surface area contributed by atoms with Crippen LogP contribution in [0, 0.1) is 0 Å². The predicted octanol–water partition coefficient (Wildman–Crippen LogP) is 5.80. The third-order valence-electron chi connectivity index (χ3n) is 4.38. The Balaban J connectivity index is 1.95. The number of hydrogen-bond acceptors (Lipinski definition) is 3. The molecule has 4 heteroatoms. The van der Waals surface area contributed by atoms with Gasteiger partial charge in [0, 0.05) is 0 Å². The van der Waals surface area contributed by atoms with Crippen LogP contribution in [0.5, 0.6) is 11.5 Å². The van der Waals surface area contributed by atoms with Gasteiger partial charge >= 0.3 is 5.97 Å². The van der Waals surface area contributed by atoms with Crippen molar-refractivity contribution in [2.75, 3.05) is 13.7 Å². The molecule has 0 saturated heterocycles. The second kappa shape index (κ2) is 10.5. The van der Waals surface area contributed by atoms with Crippen LogP contribution >= 0.6 is 0 Å². The average Bonchev–Trinajstić information content (AvgIpc) is 2.67. The molecule has 0 amide bonds. The van der Waals surface area contributed by atoms with Crippen LogP contribution in [-0.2, 0) is 0 Å². The predicted molar refractivity (Wildman–Crippen MR) is 104 cm³/mol. The Morgan fingerprint density at radius 1 is 0.885 bits per heavy atom. The van der Waals surface area contributed by atoms with Crippen molar-refractivity contribution in [3.05, 3.63) is 48.0 Å². The molecule has 0 heterocycles. The van der Waals surface area contributed by atoms with Gasteiger partial charge in [-0.15, -0.1) is 0 Å². The van der Waals surface area contributed by atoms with E-state index in [4.69, 9.17) is 14.6 Å². The molecule has 0 spiro atoms. The van der Waals surface area contributed by atoms with Gasteiger partial charge in [-0.25, -0.2) is 4.79 Å². The van der Waals surface area contributed by atoms with Crippen LogP contribution in [0.3, 0.4) is 0 Å². The molecular weight excluding hydrogens is 328 g/mol. The molecule has 0 fully saturated rings. The number of carboxylic acid groups (broad SMARTS) is 1. The van der Waals surface area contributed by atoms with Crippen molar-refractivity contribution < 1.29 is 19.4 Å². The number of unbranched alkanes of at least 4 members (excludes halogenated alkanes) is 5. The van der Waals surface area contributed by atoms with E-state index < -0.39 is 5.97 Å². The van der Waals surface area contributed by atoms with E-state index in [-0.39, 0.29) is 5.56 Å². The van der Waals surface area contributed by atoms with E-state index in [1.165, 1.54) is 32.1 Å². The van der Waals surface area contributed by atoms with E-state index in [2.05, 4.69) is 6.92 Å². The summed E-state index contributed by atoms with van der Waals surface area (Å²) in [4.78, 5) is 11.0. The third kappa shape index (κ3) is 5.80. The molecule has 0 aromatic heterocycles. The smallest absolute Gasteiger partial charge is 0.335 e. The molecule has 0 bridgehead atoms. The van der Waals surface area contributed by atoms with Crippen LogP contribution in [-0.4, -0.2) is 24.8 Å². The van der Waals surface area contributed by atoms with Gasteiger partial charge in [-0.2, -0.15) is 0 Å². The lowest BCUT2D eigenvalue weighted by Crippen LogP contribution is -1.99. The van der Waals surface area contributed by atoms with Crippen LogP contribution < -0.4 is 9.47 Å². The number of rotatable bonds is 11. The Hall–Kier alpha value is -2.49. The maximum absolute atomic E-state index is 11.0. The highest BCUT2D eigenvalue weighted by Gasteiger charge is 2.08. The van der Waals surface area contributed by atoms with Crippen LogP contribution in [0.25, 0.3) is 11.1 Å². The quantitative estimate of drug-likeness (QED) is 0.517. The average molecular weight is 356 g/mol. The summed E-state index contributed by atoms with van der Waals surface area (Å²) in [5.74, 6) is 0.510. The van der Waals surface area contributed by atoms with Crippen molar-refractivity contribution in [2.24, 2.45) is 0 Å². The van der Waals surface area contributed by atoms with Crippen molar-refractivity contribution in [1.82, 2.24) is 0 Å². The number of methoxy groups -OCH3 is 1. The van der Waals surface area contributed by atoms with Gasteiger partial charge in [-0.1, -0.05) is 57.2 Å². The fourth-order valence-corrected chi connectivity index (χ4v) is 2.84. The van der Waals surface area contributed by atoms with E-state index in [0.29, 0.717) is 12.4 Å². The van der Waals surface area contributed by atoms with Crippen molar-refractivity contribution in [1.29, 1.82) is 0 Å². The molecule has 2 aromatic carbocycles. The highest BCUT2D eigenvalue weighted by atomic mass is 16.5. The SMILES string of the molecule is CCCCCCCCOc1ccc(-c2ccc(C(=O)O)cc2)cc1OC. The number of carbonyl (C=O) groups is 1. The lowest BCUT2D eigenvalue weighted by Gasteiger charge is -2.12. The second-order valence-corrected chi connectivity index (χ2v) is 6.36.